The van der Waals surface area contributed by atoms with E-state index >= 15 is 0 Å². The summed E-state index contributed by atoms with van der Waals surface area (Å²) in [7, 11) is 0. The monoisotopic (exact) mass is 346 g/mol. The van der Waals surface area contributed by atoms with Crippen LogP contribution in [0.2, 0.25) is 0 Å². The predicted molar refractivity (Wildman–Crippen MR) is 94.1 cm³/mol. The predicted octanol–water partition coefficient (Wildman–Crippen LogP) is 3.26. The van der Waals surface area contributed by atoms with Gasteiger partial charge in [-0.2, -0.15) is 0 Å². The first-order valence-corrected chi connectivity index (χ1v) is 8.46. The van der Waals surface area contributed by atoms with E-state index in [1.54, 1.807) is 6.07 Å². The lowest BCUT2D eigenvalue weighted by Crippen LogP contribution is -2.44. The number of carbonyl (C=O) groups excluding carboxylic acids is 1. The normalized spacial score (nSPS) is 16.1. The number of benzene rings is 1. The number of halogens is 1. The molecule has 6 nitrogen and oxygen atoms in total. The minimum atomic E-state index is -0.381. The van der Waals surface area contributed by atoms with E-state index in [1.165, 1.54) is 18.5 Å². The zero-order chi connectivity index (χ0) is 18.0. The van der Waals surface area contributed by atoms with Gasteiger partial charge < -0.3 is 15.0 Å². The van der Waals surface area contributed by atoms with Gasteiger partial charge in [-0.1, -0.05) is 0 Å². The lowest BCUT2D eigenvalue weighted by Gasteiger charge is -2.33. The summed E-state index contributed by atoms with van der Waals surface area (Å²) in [6.07, 6.45) is 2.42. The van der Waals surface area contributed by atoms with Gasteiger partial charge in [0.15, 0.2) is 0 Å². The van der Waals surface area contributed by atoms with Crippen LogP contribution in [-0.4, -0.2) is 40.8 Å². The van der Waals surface area contributed by atoms with Crippen molar-refractivity contribution in [3.63, 3.8) is 0 Å². The number of fused-ring (bicyclic) bond motifs is 1. The van der Waals surface area contributed by atoms with Crippen LogP contribution in [0, 0.1) is 5.82 Å². The zero-order valence-corrected chi connectivity index (χ0v) is 14.8. The van der Waals surface area contributed by atoms with Crippen molar-refractivity contribution in [3.05, 3.63) is 30.3 Å². The Kier molecular flexibility index (Phi) is 4.74. The highest BCUT2D eigenvalue weighted by Crippen LogP contribution is 2.26. The van der Waals surface area contributed by atoms with E-state index in [0.717, 1.165) is 37.1 Å². The highest BCUT2D eigenvalue weighted by Gasteiger charge is 2.25. The average molecular weight is 346 g/mol. The van der Waals surface area contributed by atoms with Gasteiger partial charge in [0, 0.05) is 42.9 Å². The third-order valence-corrected chi connectivity index (χ3v) is 4.07. The summed E-state index contributed by atoms with van der Waals surface area (Å²) in [4.78, 5) is 22.5. The van der Waals surface area contributed by atoms with Gasteiger partial charge in [0.25, 0.3) is 0 Å². The van der Waals surface area contributed by atoms with E-state index in [4.69, 9.17) is 4.74 Å². The third kappa shape index (κ3) is 4.35. The third-order valence-electron chi connectivity index (χ3n) is 4.07. The second-order valence-electron chi connectivity index (χ2n) is 7.33. The molecule has 2 heterocycles. The summed E-state index contributed by atoms with van der Waals surface area (Å²) in [6.45, 7) is 7.19. The van der Waals surface area contributed by atoms with Crippen molar-refractivity contribution < 1.29 is 13.9 Å². The molecule has 1 saturated heterocycles. The molecule has 1 aliphatic heterocycles. The maximum absolute atomic E-state index is 13.4. The highest BCUT2D eigenvalue weighted by atomic mass is 19.1. The van der Waals surface area contributed by atoms with E-state index in [2.05, 4.69) is 20.2 Å². The molecule has 134 valence electrons. The quantitative estimate of drug-likeness (QED) is 0.904. The summed E-state index contributed by atoms with van der Waals surface area (Å²) in [5.41, 5.74) is 0.278. The Balaban J connectivity index is 1.64. The molecule has 1 fully saturated rings. The number of hydrogen-bond acceptors (Lipinski definition) is 5. The van der Waals surface area contributed by atoms with Crippen molar-refractivity contribution in [1.29, 1.82) is 0 Å². The molecule has 1 aliphatic rings. The van der Waals surface area contributed by atoms with Crippen LogP contribution in [0.25, 0.3) is 10.9 Å². The first kappa shape index (κ1) is 17.4. The van der Waals surface area contributed by atoms with E-state index in [0.29, 0.717) is 5.52 Å². The Morgan fingerprint density at radius 3 is 2.68 bits per heavy atom. The van der Waals surface area contributed by atoms with Gasteiger partial charge in [0.1, 0.15) is 24.1 Å². The topological polar surface area (TPSA) is 67.3 Å². The Hall–Kier alpha value is -2.44. The molecular formula is C18H23FN4O2. The Labute approximate surface area is 146 Å². The molecule has 1 amide bonds. The summed E-state index contributed by atoms with van der Waals surface area (Å²) in [6, 6.07) is 4.54. The minimum Gasteiger partial charge on any atom is -0.446 e. The molecular weight excluding hydrogens is 323 g/mol. The molecule has 0 bridgehead atoms. The molecule has 3 rings (SSSR count). The van der Waals surface area contributed by atoms with Crippen LogP contribution >= 0.6 is 0 Å². The fourth-order valence-electron chi connectivity index (χ4n) is 2.94. The molecule has 2 aromatic rings. The second-order valence-corrected chi connectivity index (χ2v) is 7.33. The number of piperidine rings is 1. The number of alkyl carbamates (subject to hydrolysis) is 1. The number of carbonyl (C=O) groups is 1. The molecule has 0 unspecified atom stereocenters. The van der Waals surface area contributed by atoms with E-state index in [-0.39, 0.29) is 23.6 Å². The van der Waals surface area contributed by atoms with Gasteiger partial charge in [-0.25, -0.2) is 19.2 Å². The standard InChI is InChI=1S/C18H23FN4O2/c1-18(2,3)22-17(24)25-13-6-8-23(9-7-13)16-14-5-4-12(19)10-15(14)20-11-21-16/h4-5,10-11,13H,6-9H2,1-3H3,(H,22,24). The van der Waals surface area contributed by atoms with Crippen molar-refractivity contribution in [2.24, 2.45) is 0 Å². The molecule has 0 radical (unpaired) electrons. The van der Waals surface area contributed by atoms with Crippen LogP contribution in [0.3, 0.4) is 0 Å². The van der Waals surface area contributed by atoms with Gasteiger partial charge in [0.05, 0.1) is 5.52 Å². The maximum atomic E-state index is 13.4. The van der Waals surface area contributed by atoms with Gasteiger partial charge >= 0.3 is 6.09 Å². The minimum absolute atomic E-state index is 0.107. The number of amides is 1. The molecule has 1 aromatic carbocycles. The van der Waals surface area contributed by atoms with Crippen molar-refractivity contribution in [3.8, 4) is 0 Å². The molecule has 1 N–H and O–H groups in total. The van der Waals surface area contributed by atoms with Crippen LogP contribution in [0.15, 0.2) is 24.5 Å². The van der Waals surface area contributed by atoms with Gasteiger partial charge in [-0.15, -0.1) is 0 Å². The summed E-state index contributed by atoms with van der Waals surface area (Å²) >= 11 is 0. The number of nitrogens with zero attached hydrogens (tertiary/aromatic N) is 3. The van der Waals surface area contributed by atoms with Crippen LogP contribution in [-0.2, 0) is 4.74 Å². The number of nitrogens with one attached hydrogen (secondary N) is 1. The van der Waals surface area contributed by atoms with Crippen molar-refractivity contribution in [2.45, 2.75) is 45.3 Å². The molecule has 7 heteroatoms. The molecule has 0 atom stereocenters. The second kappa shape index (κ2) is 6.82. The average Bonchev–Trinajstić information content (AvgIpc) is 2.53. The first-order valence-electron chi connectivity index (χ1n) is 8.46. The van der Waals surface area contributed by atoms with Crippen LogP contribution < -0.4 is 10.2 Å². The lowest BCUT2D eigenvalue weighted by molar-refractivity contribution is 0.0776. The molecule has 0 aliphatic carbocycles. The lowest BCUT2D eigenvalue weighted by atomic mass is 10.1. The van der Waals surface area contributed by atoms with Gasteiger partial charge in [-0.3, -0.25) is 0 Å². The summed E-state index contributed by atoms with van der Waals surface area (Å²) in [5, 5.41) is 3.64. The van der Waals surface area contributed by atoms with Crippen molar-refractivity contribution in [2.75, 3.05) is 18.0 Å². The molecule has 0 saturated carbocycles. The number of hydrogen-bond donors (Lipinski definition) is 1. The van der Waals surface area contributed by atoms with Crippen molar-refractivity contribution >= 4 is 22.8 Å². The van der Waals surface area contributed by atoms with E-state index in [1.807, 2.05) is 20.8 Å². The maximum Gasteiger partial charge on any atom is 0.407 e. The Bertz CT molecular complexity index is 767. The van der Waals surface area contributed by atoms with Crippen LogP contribution in [0.5, 0.6) is 0 Å². The first-order chi connectivity index (χ1) is 11.8. The summed E-state index contributed by atoms with van der Waals surface area (Å²) < 4.78 is 18.9. The fraction of sp³-hybridized carbons (Fsp3) is 0.500. The van der Waals surface area contributed by atoms with E-state index < -0.39 is 0 Å². The zero-order valence-electron chi connectivity index (χ0n) is 14.8. The Morgan fingerprint density at radius 2 is 2.00 bits per heavy atom. The highest BCUT2D eigenvalue weighted by molar-refractivity contribution is 5.89. The Morgan fingerprint density at radius 1 is 1.28 bits per heavy atom. The SMILES string of the molecule is CC(C)(C)NC(=O)OC1CCN(c2ncnc3cc(F)ccc23)CC1. The molecule has 0 spiro atoms. The van der Waals surface area contributed by atoms with Gasteiger partial charge in [0.2, 0.25) is 0 Å². The van der Waals surface area contributed by atoms with E-state index in [9.17, 15) is 9.18 Å². The number of ether oxygens (including phenoxy) is 1. The molecule has 1 aromatic heterocycles. The van der Waals surface area contributed by atoms with Gasteiger partial charge in [-0.05, 0) is 32.9 Å². The number of anilines is 1. The smallest absolute Gasteiger partial charge is 0.407 e. The van der Waals surface area contributed by atoms with Crippen LogP contribution in [0.1, 0.15) is 33.6 Å². The van der Waals surface area contributed by atoms with Crippen LogP contribution in [0.4, 0.5) is 15.0 Å². The number of rotatable bonds is 2. The summed E-state index contributed by atoms with van der Waals surface area (Å²) in [5.74, 6) is 0.483. The fourth-order valence-corrected chi connectivity index (χ4v) is 2.94. The van der Waals surface area contributed by atoms with Crippen molar-refractivity contribution in [1.82, 2.24) is 15.3 Å². The number of aromatic nitrogens is 2. The largest absolute Gasteiger partial charge is 0.446 e. The molecule has 25 heavy (non-hydrogen) atoms.